The molecule has 1 aromatic rings. The van der Waals surface area contributed by atoms with Gasteiger partial charge in [-0.25, -0.2) is 0 Å². The van der Waals surface area contributed by atoms with Gasteiger partial charge in [-0.1, -0.05) is 44.9 Å². The fourth-order valence-corrected chi connectivity index (χ4v) is 2.48. The number of nitrogens with one attached hydrogen (secondary N) is 1. The average Bonchev–Trinajstić information content (AvgIpc) is 2.78. The van der Waals surface area contributed by atoms with Crippen LogP contribution >= 0.6 is 0 Å². The average molecular weight is 367 g/mol. The number of benzene rings is 1. The van der Waals surface area contributed by atoms with Crippen LogP contribution in [0.15, 0.2) is 24.2 Å². The fourth-order valence-electron chi connectivity index (χ4n) is 2.48. The van der Waals surface area contributed by atoms with Gasteiger partial charge in [0, 0.05) is 28.6 Å². The number of Topliss-reactive ketones (excluding diaryl/α,β-unsaturated/α-hetero) is 1. The predicted octanol–water partition coefficient (Wildman–Crippen LogP) is 1.47. The number of nitrogens with zero attached hydrogens (tertiary/aromatic N) is 1. The highest BCUT2D eigenvalue weighted by atomic mass is 16.3. The van der Waals surface area contributed by atoms with E-state index in [1.54, 1.807) is 13.8 Å². The van der Waals surface area contributed by atoms with Gasteiger partial charge < -0.3 is 15.3 Å². The molecule has 2 N–H and O–H groups in total. The van der Waals surface area contributed by atoms with E-state index in [0.717, 1.165) is 7.05 Å². The van der Waals surface area contributed by atoms with E-state index in [1.165, 1.54) is 6.92 Å². The SMILES string of the molecule is [2H]c1c([2H])c([2H])c2c(c1[2H])CC([2H])([2H])N(C)C(=O)[C@@]2([2H])NC(=O)[C@H](C)CC(=O)[C@@H](O)C(C)C. The lowest BCUT2D eigenvalue weighted by atomic mass is 9.94. The van der Waals surface area contributed by atoms with Gasteiger partial charge in [0.25, 0.3) is 0 Å². The van der Waals surface area contributed by atoms with Gasteiger partial charge in [-0.2, -0.15) is 0 Å². The van der Waals surface area contributed by atoms with Gasteiger partial charge in [-0.3, -0.25) is 14.4 Å². The molecule has 6 nitrogen and oxygen atoms in total. The quantitative estimate of drug-likeness (QED) is 0.797. The minimum Gasteiger partial charge on any atom is -0.385 e. The van der Waals surface area contributed by atoms with E-state index in [1.807, 2.05) is 0 Å². The Kier molecular flexibility index (Phi) is 3.97. The van der Waals surface area contributed by atoms with Gasteiger partial charge in [0.2, 0.25) is 11.8 Å². The first-order valence-corrected chi connectivity index (χ1v) is 8.38. The lowest BCUT2D eigenvalue weighted by Crippen LogP contribution is -2.43. The molecule has 0 saturated heterocycles. The standard InChI is InChI=1S/C20H28N2O4/c1-12(2)18(24)16(23)11-13(3)19(25)21-17-15-8-6-5-7-14(15)9-10-22(4)20(17)26/h5-8,12-13,17-18,24H,9-11H2,1-4H3,(H,21,25)/t13-,17+,18+/m1/s1/i5D,6D,7D,8D,10D2,17D. The van der Waals surface area contributed by atoms with Crippen molar-refractivity contribution in [3.8, 4) is 0 Å². The summed E-state index contributed by atoms with van der Waals surface area (Å²) in [4.78, 5) is 38.9. The monoisotopic (exact) mass is 367 g/mol. The van der Waals surface area contributed by atoms with E-state index in [4.69, 9.17) is 9.60 Å². The van der Waals surface area contributed by atoms with E-state index in [-0.39, 0.29) is 17.9 Å². The largest absolute Gasteiger partial charge is 0.385 e. The molecule has 2 rings (SSSR count). The zero-order valence-electron chi connectivity index (χ0n) is 22.3. The molecule has 0 bridgehead atoms. The van der Waals surface area contributed by atoms with Gasteiger partial charge in [0.15, 0.2) is 5.78 Å². The summed E-state index contributed by atoms with van der Waals surface area (Å²) < 4.78 is 57.5. The smallest absolute Gasteiger partial charge is 0.249 e. The van der Waals surface area contributed by atoms with Gasteiger partial charge >= 0.3 is 0 Å². The molecule has 0 aromatic heterocycles. The minimum atomic E-state index is -2.77. The third-order valence-electron chi connectivity index (χ3n) is 4.19. The molecule has 0 saturated carbocycles. The van der Waals surface area contributed by atoms with Gasteiger partial charge in [0.1, 0.15) is 12.1 Å². The number of amides is 2. The Morgan fingerprint density at radius 1 is 1.42 bits per heavy atom. The highest BCUT2D eigenvalue weighted by molar-refractivity contribution is 5.92. The van der Waals surface area contributed by atoms with E-state index in [9.17, 15) is 19.5 Å². The Morgan fingerprint density at radius 2 is 2.08 bits per heavy atom. The Balaban J connectivity index is 2.59. The van der Waals surface area contributed by atoms with Crippen molar-refractivity contribution >= 4 is 17.6 Å². The second-order valence-corrected chi connectivity index (χ2v) is 6.68. The first-order valence-electron chi connectivity index (χ1n) is 11.9. The number of likely N-dealkylation sites (N-methyl/N-ethyl adjacent to an activating group) is 1. The van der Waals surface area contributed by atoms with Crippen molar-refractivity contribution in [3.63, 3.8) is 0 Å². The summed E-state index contributed by atoms with van der Waals surface area (Å²) in [7, 11) is 1.08. The Bertz CT molecular complexity index is 1000. The molecular weight excluding hydrogens is 332 g/mol. The second kappa shape index (κ2) is 8.45. The molecular formula is C20H28N2O4. The maximum atomic E-state index is 13.2. The number of carbonyl (C=O) groups is 3. The first-order chi connectivity index (χ1) is 15.0. The minimum absolute atomic E-state index is 0.294. The number of aliphatic hydroxyl groups excluding tert-OH is 1. The summed E-state index contributed by atoms with van der Waals surface area (Å²) in [6.07, 6.45) is -2.30. The van der Waals surface area contributed by atoms with E-state index >= 15 is 0 Å². The Hall–Kier alpha value is -2.21. The number of ketones is 1. The van der Waals surface area contributed by atoms with Crippen LogP contribution in [0.1, 0.15) is 53.9 Å². The fraction of sp³-hybridized carbons (Fsp3) is 0.550. The number of carbonyl (C=O) groups excluding carboxylic acids is 3. The third-order valence-corrected chi connectivity index (χ3v) is 4.19. The molecule has 0 unspecified atom stereocenters. The summed E-state index contributed by atoms with van der Waals surface area (Å²) in [6.45, 7) is 2.21. The van der Waals surface area contributed by atoms with Crippen molar-refractivity contribution in [2.45, 2.75) is 45.7 Å². The van der Waals surface area contributed by atoms with Crippen LogP contribution in [0.4, 0.5) is 0 Å². The summed E-state index contributed by atoms with van der Waals surface area (Å²) in [5, 5.41) is 12.1. The highest BCUT2D eigenvalue weighted by Crippen LogP contribution is 2.25. The van der Waals surface area contributed by atoms with Crippen molar-refractivity contribution in [1.29, 1.82) is 0 Å². The van der Waals surface area contributed by atoms with Crippen LogP contribution in [0.5, 0.6) is 0 Å². The molecule has 1 aliphatic heterocycles. The molecule has 0 spiro atoms. The molecule has 1 aliphatic rings. The van der Waals surface area contributed by atoms with E-state index in [0.29, 0.717) is 4.90 Å². The van der Waals surface area contributed by atoms with Crippen LogP contribution in [-0.2, 0) is 20.8 Å². The van der Waals surface area contributed by atoms with Gasteiger partial charge in [-0.05, 0) is 23.5 Å². The second-order valence-electron chi connectivity index (χ2n) is 6.68. The molecule has 6 heteroatoms. The zero-order chi connectivity index (χ0) is 25.6. The van der Waals surface area contributed by atoms with Crippen molar-refractivity contribution < 1.29 is 29.1 Å². The number of fused-ring (bicyclic) bond motifs is 1. The number of aliphatic hydroxyl groups is 1. The molecule has 2 amide bonds. The van der Waals surface area contributed by atoms with Crippen molar-refractivity contribution in [2.24, 2.45) is 11.8 Å². The summed E-state index contributed by atoms with van der Waals surface area (Å²) in [5.74, 6) is -4.22. The number of rotatable bonds is 6. The van der Waals surface area contributed by atoms with E-state index in [2.05, 4.69) is 5.32 Å². The van der Waals surface area contributed by atoms with E-state index < -0.39 is 78.3 Å². The van der Waals surface area contributed by atoms with Crippen molar-refractivity contribution in [1.82, 2.24) is 10.2 Å². The van der Waals surface area contributed by atoms with Crippen molar-refractivity contribution in [2.75, 3.05) is 13.5 Å². The Morgan fingerprint density at radius 3 is 2.73 bits per heavy atom. The highest BCUT2D eigenvalue weighted by Gasteiger charge is 2.32. The summed E-state index contributed by atoms with van der Waals surface area (Å²) >= 11 is 0. The lowest BCUT2D eigenvalue weighted by molar-refractivity contribution is -0.137. The zero-order valence-corrected chi connectivity index (χ0v) is 15.3. The molecule has 0 radical (unpaired) electrons. The Labute approximate surface area is 164 Å². The first kappa shape index (κ1) is 12.2. The maximum Gasteiger partial charge on any atom is 0.249 e. The number of hydrogen-bond donors (Lipinski definition) is 2. The van der Waals surface area contributed by atoms with Gasteiger partial charge in [-0.15, -0.1) is 0 Å². The maximum absolute atomic E-state index is 13.2. The van der Waals surface area contributed by atoms with Crippen LogP contribution in [-0.4, -0.2) is 47.3 Å². The molecule has 1 aromatic carbocycles. The van der Waals surface area contributed by atoms with Crippen LogP contribution < -0.4 is 5.32 Å². The number of hydrogen-bond acceptors (Lipinski definition) is 4. The molecule has 26 heavy (non-hydrogen) atoms. The molecule has 1 heterocycles. The van der Waals surface area contributed by atoms with Crippen LogP contribution in [0, 0.1) is 11.8 Å². The molecule has 142 valence electrons. The van der Waals surface area contributed by atoms with Gasteiger partial charge in [0.05, 0.1) is 6.85 Å². The van der Waals surface area contributed by atoms with Crippen molar-refractivity contribution in [3.05, 3.63) is 35.3 Å². The normalized spacial score (nSPS) is 28.2. The molecule has 3 atom stereocenters. The summed E-state index contributed by atoms with van der Waals surface area (Å²) in [5.41, 5.74) is -0.834. The topological polar surface area (TPSA) is 86.7 Å². The lowest BCUT2D eigenvalue weighted by Gasteiger charge is -2.24. The molecule has 0 fully saturated rings. The molecule has 0 aliphatic carbocycles. The predicted molar refractivity (Wildman–Crippen MR) is 98.3 cm³/mol. The van der Waals surface area contributed by atoms with Crippen LogP contribution in [0.25, 0.3) is 0 Å². The summed E-state index contributed by atoms with van der Waals surface area (Å²) in [6, 6.07) is -5.49. The van der Waals surface area contributed by atoms with Crippen LogP contribution in [0.3, 0.4) is 0 Å². The van der Waals surface area contributed by atoms with Crippen LogP contribution in [0.2, 0.25) is 0 Å². The third kappa shape index (κ3) is 4.49.